The number of rotatable bonds is 6. The van der Waals surface area contributed by atoms with Gasteiger partial charge < -0.3 is 25.6 Å². The van der Waals surface area contributed by atoms with Crippen molar-refractivity contribution in [3.8, 4) is 0 Å². The lowest BCUT2D eigenvalue weighted by Crippen LogP contribution is -2.38. The van der Waals surface area contributed by atoms with E-state index in [1.165, 1.54) is 0 Å². The summed E-state index contributed by atoms with van der Waals surface area (Å²) in [4.78, 5) is 16.7. The second-order valence-electron chi connectivity index (χ2n) is 5.79. The van der Waals surface area contributed by atoms with Gasteiger partial charge in [-0.2, -0.15) is 0 Å². The zero-order valence-corrected chi connectivity index (χ0v) is 13.5. The third-order valence-electron chi connectivity index (χ3n) is 3.68. The number of anilines is 2. The van der Waals surface area contributed by atoms with Crippen LogP contribution in [0, 0.1) is 0 Å². The standard InChI is InChI=1S/C16H26N4O2/c1-19(2)7-3-6-18-16(21)14-12-13(17)4-5-15(14)20-8-10-22-11-9-20/h4-5,12H,3,6-11,17H2,1-2H3,(H,18,21). The van der Waals surface area contributed by atoms with Gasteiger partial charge >= 0.3 is 0 Å². The molecule has 1 fully saturated rings. The topological polar surface area (TPSA) is 70.8 Å². The fourth-order valence-electron chi connectivity index (χ4n) is 2.51. The van der Waals surface area contributed by atoms with Crippen LogP contribution in [0.25, 0.3) is 0 Å². The quantitative estimate of drug-likeness (QED) is 0.600. The van der Waals surface area contributed by atoms with Crippen LogP contribution in [-0.2, 0) is 4.74 Å². The van der Waals surface area contributed by atoms with Crippen molar-refractivity contribution in [1.29, 1.82) is 0 Å². The minimum absolute atomic E-state index is 0.0625. The van der Waals surface area contributed by atoms with Crippen LogP contribution >= 0.6 is 0 Å². The van der Waals surface area contributed by atoms with Crippen molar-refractivity contribution in [2.75, 3.05) is 64.1 Å². The first-order chi connectivity index (χ1) is 10.6. The minimum atomic E-state index is -0.0625. The Hall–Kier alpha value is -1.79. The van der Waals surface area contributed by atoms with Crippen molar-refractivity contribution < 1.29 is 9.53 Å². The van der Waals surface area contributed by atoms with Gasteiger partial charge in [0.15, 0.2) is 0 Å². The molecule has 1 amide bonds. The summed E-state index contributed by atoms with van der Waals surface area (Å²) in [6.45, 7) is 4.58. The maximum Gasteiger partial charge on any atom is 0.253 e. The number of carbonyl (C=O) groups is 1. The molecule has 6 heteroatoms. The SMILES string of the molecule is CN(C)CCCNC(=O)c1cc(N)ccc1N1CCOCC1. The number of nitrogens with one attached hydrogen (secondary N) is 1. The van der Waals surface area contributed by atoms with Gasteiger partial charge in [-0.1, -0.05) is 0 Å². The molecule has 2 rings (SSSR count). The number of benzene rings is 1. The maximum absolute atomic E-state index is 12.5. The zero-order chi connectivity index (χ0) is 15.9. The van der Waals surface area contributed by atoms with Gasteiger partial charge in [-0.3, -0.25) is 4.79 Å². The number of carbonyl (C=O) groups excluding carboxylic acids is 1. The van der Waals surface area contributed by atoms with Gasteiger partial charge in [0.05, 0.1) is 18.8 Å². The average Bonchev–Trinajstić information content (AvgIpc) is 2.52. The number of hydrogen-bond donors (Lipinski definition) is 2. The molecule has 122 valence electrons. The monoisotopic (exact) mass is 306 g/mol. The summed E-state index contributed by atoms with van der Waals surface area (Å²) in [6, 6.07) is 5.52. The Morgan fingerprint density at radius 3 is 2.77 bits per heavy atom. The summed E-state index contributed by atoms with van der Waals surface area (Å²) in [5, 5.41) is 2.98. The van der Waals surface area contributed by atoms with E-state index in [0.717, 1.165) is 31.7 Å². The molecule has 1 aromatic rings. The Labute approximate surface area is 132 Å². The number of morpholine rings is 1. The molecule has 6 nitrogen and oxygen atoms in total. The lowest BCUT2D eigenvalue weighted by atomic mass is 10.1. The predicted octanol–water partition coefficient (Wildman–Crippen LogP) is 0.787. The fourth-order valence-corrected chi connectivity index (χ4v) is 2.51. The first-order valence-corrected chi connectivity index (χ1v) is 7.73. The van der Waals surface area contributed by atoms with Gasteiger partial charge in [0.1, 0.15) is 0 Å². The number of nitrogens with two attached hydrogens (primary N) is 1. The van der Waals surface area contributed by atoms with Crippen molar-refractivity contribution in [2.24, 2.45) is 0 Å². The normalized spacial score (nSPS) is 15.1. The summed E-state index contributed by atoms with van der Waals surface area (Å²) >= 11 is 0. The second-order valence-corrected chi connectivity index (χ2v) is 5.79. The van der Waals surface area contributed by atoms with Crippen LogP contribution in [0.3, 0.4) is 0 Å². The molecule has 1 aliphatic heterocycles. The predicted molar refractivity (Wildman–Crippen MR) is 89.4 cm³/mol. The van der Waals surface area contributed by atoms with E-state index in [4.69, 9.17) is 10.5 Å². The smallest absolute Gasteiger partial charge is 0.253 e. The van der Waals surface area contributed by atoms with Crippen molar-refractivity contribution in [3.63, 3.8) is 0 Å². The molecule has 0 aromatic heterocycles. The van der Waals surface area contributed by atoms with Crippen molar-refractivity contribution in [2.45, 2.75) is 6.42 Å². The number of amides is 1. The molecule has 1 saturated heterocycles. The molecule has 1 aliphatic rings. The largest absolute Gasteiger partial charge is 0.399 e. The lowest BCUT2D eigenvalue weighted by Gasteiger charge is -2.30. The number of hydrogen-bond acceptors (Lipinski definition) is 5. The van der Waals surface area contributed by atoms with E-state index < -0.39 is 0 Å². The van der Waals surface area contributed by atoms with Crippen LogP contribution in [0.1, 0.15) is 16.8 Å². The maximum atomic E-state index is 12.5. The molecular weight excluding hydrogens is 280 g/mol. The molecule has 1 heterocycles. The van der Waals surface area contributed by atoms with Gasteiger partial charge in [0.25, 0.3) is 5.91 Å². The van der Waals surface area contributed by atoms with Gasteiger partial charge in [0, 0.05) is 31.0 Å². The van der Waals surface area contributed by atoms with E-state index in [0.29, 0.717) is 31.0 Å². The Morgan fingerprint density at radius 2 is 2.09 bits per heavy atom. The van der Waals surface area contributed by atoms with Gasteiger partial charge in [0.2, 0.25) is 0 Å². The summed E-state index contributed by atoms with van der Waals surface area (Å²) in [5.41, 5.74) is 8.04. The van der Waals surface area contributed by atoms with E-state index in [1.807, 2.05) is 26.2 Å². The average molecular weight is 306 g/mol. The van der Waals surface area contributed by atoms with E-state index in [9.17, 15) is 4.79 Å². The molecule has 0 bridgehead atoms. The summed E-state index contributed by atoms with van der Waals surface area (Å²) < 4.78 is 5.38. The molecular formula is C16H26N4O2. The minimum Gasteiger partial charge on any atom is -0.399 e. The van der Waals surface area contributed by atoms with Crippen LogP contribution in [0.15, 0.2) is 18.2 Å². The fraction of sp³-hybridized carbons (Fsp3) is 0.562. The van der Waals surface area contributed by atoms with Crippen LogP contribution in [0.5, 0.6) is 0 Å². The molecule has 0 atom stereocenters. The summed E-state index contributed by atoms with van der Waals surface area (Å²) in [6.07, 6.45) is 0.925. The molecule has 0 unspecified atom stereocenters. The number of nitrogen functional groups attached to an aromatic ring is 1. The van der Waals surface area contributed by atoms with E-state index in [1.54, 1.807) is 6.07 Å². The van der Waals surface area contributed by atoms with Crippen molar-refractivity contribution >= 4 is 17.3 Å². The summed E-state index contributed by atoms with van der Waals surface area (Å²) in [7, 11) is 4.05. The molecule has 0 spiro atoms. The highest BCUT2D eigenvalue weighted by Crippen LogP contribution is 2.24. The van der Waals surface area contributed by atoms with Crippen LogP contribution in [-0.4, -0.2) is 64.3 Å². The Balaban J connectivity index is 2.04. The molecule has 3 N–H and O–H groups in total. The molecule has 0 saturated carbocycles. The van der Waals surface area contributed by atoms with E-state index in [2.05, 4.69) is 15.1 Å². The third-order valence-corrected chi connectivity index (χ3v) is 3.68. The molecule has 0 radical (unpaired) electrons. The number of ether oxygens (including phenoxy) is 1. The molecule has 1 aromatic carbocycles. The van der Waals surface area contributed by atoms with Crippen LogP contribution in [0.4, 0.5) is 11.4 Å². The zero-order valence-electron chi connectivity index (χ0n) is 13.5. The third kappa shape index (κ3) is 4.61. The first kappa shape index (κ1) is 16.6. The Kier molecular flexibility index (Phi) is 6.03. The molecule has 0 aliphatic carbocycles. The Bertz CT molecular complexity index is 499. The highest BCUT2D eigenvalue weighted by atomic mass is 16.5. The van der Waals surface area contributed by atoms with Crippen LogP contribution in [0.2, 0.25) is 0 Å². The first-order valence-electron chi connectivity index (χ1n) is 7.73. The van der Waals surface area contributed by atoms with Gasteiger partial charge in [-0.25, -0.2) is 0 Å². The van der Waals surface area contributed by atoms with Gasteiger partial charge in [-0.15, -0.1) is 0 Å². The number of nitrogens with zero attached hydrogens (tertiary/aromatic N) is 2. The second kappa shape index (κ2) is 8.00. The highest BCUT2D eigenvalue weighted by molar-refractivity contribution is 6.00. The summed E-state index contributed by atoms with van der Waals surface area (Å²) in [5.74, 6) is -0.0625. The highest BCUT2D eigenvalue weighted by Gasteiger charge is 2.18. The lowest BCUT2D eigenvalue weighted by molar-refractivity contribution is 0.0951. The van der Waals surface area contributed by atoms with E-state index in [-0.39, 0.29) is 5.91 Å². The van der Waals surface area contributed by atoms with E-state index >= 15 is 0 Å². The molecule has 22 heavy (non-hydrogen) atoms. The van der Waals surface area contributed by atoms with Crippen LogP contribution < -0.4 is 16.0 Å². The van der Waals surface area contributed by atoms with Crippen molar-refractivity contribution in [3.05, 3.63) is 23.8 Å². The van der Waals surface area contributed by atoms with Crippen molar-refractivity contribution in [1.82, 2.24) is 10.2 Å². The Morgan fingerprint density at radius 1 is 1.36 bits per heavy atom. The van der Waals surface area contributed by atoms with Gasteiger partial charge in [-0.05, 0) is 45.3 Å².